The zero-order valence-electron chi connectivity index (χ0n) is 7.32. The molecule has 0 saturated carbocycles. The summed E-state index contributed by atoms with van der Waals surface area (Å²) in [5.74, 6) is 0. The highest BCUT2D eigenvalue weighted by Crippen LogP contribution is 2.33. The van der Waals surface area contributed by atoms with Crippen molar-refractivity contribution in [1.82, 2.24) is 0 Å². The first-order valence-electron chi connectivity index (χ1n) is 3.46. The lowest BCUT2D eigenvalue weighted by Crippen LogP contribution is -2.06. The maximum Gasteiger partial charge on any atom is 0.416 e. The molecule has 0 aliphatic heterocycles. The smallest absolute Gasteiger partial charge is 0.282 e. The molecule has 0 spiro atoms. The molecule has 92 valence electrons. The van der Waals surface area contributed by atoms with Gasteiger partial charge in [-0.1, -0.05) is 11.6 Å². The van der Waals surface area contributed by atoms with Crippen molar-refractivity contribution >= 4 is 34.1 Å². The average molecular weight is 297 g/mol. The van der Waals surface area contributed by atoms with Crippen LogP contribution in [0.4, 0.5) is 13.2 Å². The standard InChI is InChI=1S/C7H4ClF3O3S.ClH/c8-5-3-4(7(9,10)11)1-2-6(5)15(12,13)14;/h1-3H,(H,12,13,14);1H. The molecule has 0 aliphatic carbocycles. The number of alkyl halides is 3. The molecule has 0 unspecified atom stereocenters. The fraction of sp³-hybridized carbons (Fsp3) is 0.143. The lowest BCUT2D eigenvalue weighted by Gasteiger charge is -2.08. The van der Waals surface area contributed by atoms with E-state index in [9.17, 15) is 21.6 Å². The van der Waals surface area contributed by atoms with Gasteiger partial charge < -0.3 is 0 Å². The summed E-state index contributed by atoms with van der Waals surface area (Å²) in [6, 6.07) is 1.56. The first kappa shape index (κ1) is 15.5. The monoisotopic (exact) mass is 296 g/mol. The van der Waals surface area contributed by atoms with Gasteiger partial charge in [-0.15, -0.1) is 12.4 Å². The fourth-order valence-electron chi connectivity index (χ4n) is 0.886. The second-order valence-corrected chi connectivity index (χ2v) is 4.42. The third-order valence-electron chi connectivity index (χ3n) is 1.54. The van der Waals surface area contributed by atoms with Crippen LogP contribution in [0.15, 0.2) is 23.1 Å². The first-order valence-corrected chi connectivity index (χ1v) is 5.28. The fourth-order valence-corrected chi connectivity index (χ4v) is 1.90. The van der Waals surface area contributed by atoms with E-state index in [1.54, 1.807) is 0 Å². The lowest BCUT2D eigenvalue weighted by molar-refractivity contribution is -0.137. The summed E-state index contributed by atoms with van der Waals surface area (Å²) < 4.78 is 66.2. The topological polar surface area (TPSA) is 54.4 Å². The molecule has 0 amide bonds. The lowest BCUT2D eigenvalue weighted by atomic mass is 10.2. The minimum absolute atomic E-state index is 0. The number of hydrogen-bond donors (Lipinski definition) is 1. The Morgan fingerprint density at radius 2 is 1.75 bits per heavy atom. The summed E-state index contributed by atoms with van der Waals surface area (Å²) in [6.07, 6.45) is -4.61. The zero-order chi connectivity index (χ0) is 11.9. The van der Waals surface area contributed by atoms with Crippen LogP contribution >= 0.6 is 24.0 Å². The molecular formula is C7H5Cl2F3O3S. The predicted molar refractivity (Wildman–Crippen MR) is 53.5 cm³/mol. The van der Waals surface area contributed by atoms with Gasteiger partial charge in [-0.2, -0.15) is 21.6 Å². The van der Waals surface area contributed by atoms with E-state index in [2.05, 4.69) is 0 Å². The summed E-state index contributed by atoms with van der Waals surface area (Å²) in [5, 5.41) is -0.674. The van der Waals surface area contributed by atoms with E-state index in [-0.39, 0.29) is 12.4 Å². The summed E-state index contributed by atoms with van der Waals surface area (Å²) in [7, 11) is -4.60. The molecule has 0 fully saturated rings. The predicted octanol–water partition coefficient (Wildman–Crippen LogP) is 3.03. The van der Waals surface area contributed by atoms with Crippen molar-refractivity contribution in [1.29, 1.82) is 0 Å². The van der Waals surface area contributed by atoms with E-state index in [0.29, 0.717) is 18.2 Å². The van der Waals surface area contributed by atoms with Crippen LogP contribution in [0, 0.1) is 0 Å². The summed E-state index contributed by atoms with van der Waals surface area (Å²) >= 11 is 5.28. The number of benzene rings is 1. The van der Waals surface area contributed by atoms with Gasteiger partial charge >= 0.3 is 6.18 Å². The summed E-state index contributed by atoms with van der Waals surface area (Å²) in [5.41, 5.74) is -1.08. The Bertz CT molecular complexity index is 484. The van der Waals surface area contributed by atoms with Crippen LogP contribution in [0.1, 0.15) is 5.56 Å². The van der Waals surface area contributed by atoms with Gasteiger partial charge in [0.2, 0.25) is 0 Å². The molecule has 0 aromatic heterocycles. The van der Waals surface area contributed by atoms with E-state index in [1.807, 2.05) is 0 Å². The van der Waals surface area contributed by atoms with Crippen molar-refractivity contribution in [2.45, 2.75) is 11.1 Å². The van der Waals surface area contributed by atoms with E-state index in [4.69, 9.17) is 16.2 Å². The number of hydrogen-bond acceptors (Lipinski definition) is 2. The molecule has 0 radical (unpaired) electrons. The quantitative estimate of drug-likeness (QED) is 0.811. The molecule has 0 atom stereocenters. The molecule has 16 heavy (non-hydrogen) atoms. The SMILES string of the molecule is Cl.O=S(=O)(O)c1ccc(C(F)(F)F)cc1Cl. The normalized spacial score (nSPS) is 12.1. The molecule has 0 saturated heterocycles. The second kappa shape index (κ2) is 4.79. The van der Waals surface area contributed by atoms with Crippen molar-refractivity contribution < 1.29 is 26.1 Å². The first-order chi connectivity index (χ1) is 6.62. The highest BCUT2D eigenvalue weighted by molar-refractivity contribution is 7.86. The van der Waals surface area contributed by atoms with Crippen LogP contribution in [0.25, 0.3) is 0 Å². The van der Waals surface area contributed by atoms with Gasteiger partial charge in [-0.3, -0.25) is 4.55 Å². The maximum atomic E-state index is 12.1. The van der Waals surface area contributed by atoms with E-state index >= 15 is 0 Å². The average Bonchev–Trinajstić information content (AvgIpc) is 1.99. The Morgan fingerprint density at radius 1 is 1.25 bits per heavy atom. The van der Waals surface area contributed by atoms with Gasteiger partial charge in [0.15, 0.2) is 0 Å². The van der Waals surface area contributed by atoms with E-state index < -0.39 is 31.8 Å². The van der Waals surface area contributed by atoms with Crippen LogP contribution in [-0.2, 0) is 16.3 Å². The van der Waals surface area contributed by atoms with Crippen molar-refractivity contribution in [3.8, 4) is 0 Å². The highest BCUT2D eigenvalue weighted by atomic mass is 35.5. The van der Waals surface area contributed by atoms with Gasteiger partial charge in [0.1, 0.15) is 4.90 Å². The molecule has 1 aromatic rings. The van der Waals surface area contributed by atoms with Crippen LogP contribution in [-0.4, -0.2) is 13.0 Å². The zero-order valence-corrected chi connectivity index (χ0v) is 9.71. The van der Waals surface area contributed by atoms with Gasteiger partial charge in [-0.25, -0.2) is 0 Å². The summed E-state index contributed by atoms with van der Waals surface area (Å²) in [6.45, 7) is 0. The Kier molecular flexibility index (Phi) is 4.64. The molecule has 1 aromatic carbocycles. The Hall–Kier alpha value is -0.500. The number of halogens is 5. The van der Waals surface area contributed by atoms with Crippen molar-refractivity contribution in [3.05, 3.63) is 28.8 Å². The maximum absolute atomic E-state index is 12.1. The van der Waals surface area contributed by atoms with Crippen LogP contribution in [0.2, 0.25) is 5.02 Å². The minimum Gasteiger partial charge on any atom is -0.282 e. The molecular weight excluding hydrogens is 292 g/mol. The van der Waals surface area contributed by atoms with Crippen molar-refractivity contribution in [2.75, 3.05) is 0 Å². The van der Waals surface area contributed by atoms with Gasteiger partial charge in [0.05, 0.1) is 10.6 Å². The minimum atomic E-state index is -4.61. The van der Waals surface area contributed by atoms with Crippen LogP contribution in [0.3, 0.4) is 0 Å². The van der Waals surface area contributed by atoms with Crippen molar-refractivity contribution in [3.63, 3.8) is 0 Å². The molecule has 9 heteroatoms. The molecule has 0 bridgehead atoms. The largest absolute Gasteiger partial charge is 0.416 e. The van der Waals surface area contributed by atoms with Gasteiger partial charge in [0, 0.05) is 0 Å². The third-order valence-corrected chi connectivity index (χ3v) is 2.87. The Morgan fingerprint density at radius 3 is 2.06 bits per heavy atom. The Balaban J connectivity index is 0.00000225. The van der Waals surface area contributed by atoms with E-state index in [1.165, 1.54) is 0 Å². The summed E-state index contributed by atoms with van der Waals surface area (Å²) in [4.78, 5) is -0.753. The highest BCUT2D eigenvalue weighted by Gasteiger charge is 2.31. The van der Waals surface area contributed by atoms with Crippen molar-refractivity contribution in [2.24, 2.45) is 0 Å². The van der Waals surface area contributed by atoms with Gasteiger partial charge in [0.25, 0.3) is 10.1 Å². The molecule has 0 aliphatic rings. The second-order valence-electron chi connectivity index (χ2n) is 2.62. The van der Waals surface area contributed by atoms with Crippen LogP contribution in [0.5, 0.6) is 0 Å². The van der Waals surface area contributed by atoms with Crippen LogP contribution < -0.4 is 0 Å². The molecule has 1 rings (SSSR count). The third kappa shape index (κ3) is 3.51. The van der Waals surface area contributed by atoms with E-state index in [0.717, 1.165) is 0 Å². The molecule has 1 N–H and O–H groups in total. The molecule has 0 heterocycles. The number of rotatable bonds is 1. The Labute approximate surface area is 100 Å². The van der Waals surface area contributed by atoms with Gasteiger partial charge in [-0.05, 0) is 18.2 Å². The molecule has 3 nitrogen and oxygen atoms in total.